The molecule has 1 aromatic carbocycles. The smallest absolute Gasteiger partial charge is 0.318 e. The highest BCUT2D eigenvalue weighted by Crippen LogP contribution is 2.52. The van der Waals surface area contributed by atoms with Crippen molar-refractivity contribution in [1.29, 1.82) is 5.26 Å². The standard InChI is InChI=1S/C32H41FN6O3/c1-20-5-7-32(28-23(16-34)25(35)13-21(2)27(20)28)15-26-24(18-42-32)29(38-8-4-11-40-12-10-38)37-30(36-26)41-19-31-6-3-9-39(31)17-22(33)14-31/h13,20,22H,3-12,14-15,17-19,35H2,1-2H3/t20-,22+,31+,32-/m0/s1. The van der Waals surface area contributed by atoms with Crippen molar-refractivity contribution < 1.29 is 18.6 Å². The average Bonchev–Trinajstić information content (AvgIpc) is 3.35. The maximum atomic E-state index is 14.5. The van der Waals surface area contributed by atoms with Crippen LogP contribution in [0.15, 0.2) is 6.07 Å². The van der Waals surface area contributed by atoms with Gasteiger partial charge in [0, 0.05) is 50.2 Å². The van der Waals surface area contributed by atoms with Crippen molar-refractivity contribution >= 4 is 11.5 Å². The van der Waals surface area contributed by atoms with Crippen LogP contribution < -0.4 is 15.4 Å². The Morgan fingerprint density at radius 3 is 2.95 bits per heavy atom. The fourth-order valence-corrected chi connectivity index (χ4v) is 8.38. The summed E-state index contributed by atoms with van der Waals surface area (Å²) in [6, 6.07) is 4.66. The zero-order valence-corrected chi connectivity index (χ0v) is 24.8. The SMILES string of the molecule is Cc1cc(N)c(C#N)c2c1[C@@H](C)CC[C@]21Cc2nc(OC[C@]34CCCN3C[C@H](F)C4)nc(N3CCCOCC3)c2CO1. The van der Waals surface area contributed by atoms with Crippen LogP contribution in [0.5, 0.6) is 6.01 Å². The second-order valence-corrected chi connectivity index (χ2v) is 13.0. The highest BCUT2D eigenvalue weighted by atomic mass is 19.1. The number of ether oxygens (including phenoxy) is 3. The lowest BCUT2D eigenvalue weighted by molar-refractivity contribution is -0.0874. The number of halogens is 1. The van der Waals surface area contributed by atoms with Crippen LogP contribution in [-0.2, 0) is 28.1 Å². The Bertz CT molecular complexity index is 1420. The zero-order valence-electron chi connectivity index (χ0n) is 24.8. The van der Waals surface area contributed by atoms with Crippen LogP contribution in [0, 0.1) is 18.3 Å². The Morgan fingerprint density at radius 2 is 2.10 bits per heavy atom. The molecule has 1 spiro atoms. The molecule has 1 aliphatic carbocycles. The summed E-state index contributed by atoms with van der Waals surface area (Å²) >= 11 is 0. The van der Waals surface area contributed by atoms with Crippen LogP contribution in [0.2, 0.25) is 0 Å². The molecule has 7 rings (SSSR count). The molecule has 0 saturated carbocycles. The third kappa shape index (κ3) is 4.52. The Labute approximate surface area is 247 Å². The number of benzene rings is 1. The molecule has 5 aliphatic rings. The summed E-state index contributed by atoms with van der Waals surface area (Å²) in [7, 11) is 0. The largest absolute Gasteiger partial charge is 0.461 e. The summed E-state index contributed by atoms with van der Waals surface area (Å²) in [5.41, 5.74) is 11.5. The number of nitrogens with two attached hydrogens (primary N) is 1. The quantitative estimate of drug-likeness (QED) is 0.533. The third-order valence-electron chi connectivity index (χ3n) is 10.4. The molecule has 5 heterocycles. The Morgan fingerprint density at radius 1 is 1.21 bits per heavy atom. The Kier molecular flexibility index (Phi) is 7.03. The van der Waals surface area contributed by atoms with E-state index in [0.29, 0.717) is 62.4 Å². The number of rotatable bonds is 4. The van der Waals surface area contributed by atoms with E-state index in [1.807, 2.05) is 6.07 Å². The fraction of sp³-hybridized carbons (Fsp3) is 0.656. The number of anilines is 2. The van der Waals surface area contributed by atoms with Gasteiger partial charge in [0.2, 0.25) is 0 Å². The number of alkyl halides is 1. The van der Waals surface area contributed by atoms with Gasteiger partial charge in [-0.05, 0) is 68.7 Å². The molecule has 0 amide bonds. The minimum atomic E-state index is -0.818. The summed E-state index contributed by atoms with van der Waals surface area (Å²) in [4.78, 5) is 14.5. The minimum absolute atomic E-state index is 0.283. The van der Waals surface area contributed by atoms with Crippen LogP contribution in [0.4, 0.5) is 15.9 Å². The lowest BCUT2D eigenvalue weighted by atomic mass is 9.68. The van der Waals surface area contributed by atoms with E-state index in [0.717, 1.165) is 86.5 Å². The van der Waals surface area contributed by atoms with E-state index in [-0.39, 0.29) is 5.54 Å². The number of nitrogen functional groups attached to an aromatic ring is 1. The van der Waals surface area contributed by atoms with Gasteiger partial charge in [-0.2, -0.15) is 15.2 Å². The van der Waals surface area contributed by atoms with Crippen LogP contribution in [0.3, 0.4) is 0 Å². The highest BCUT2D eigenvalue weighted by molar-refractivity contribution is 5.66. The van der Waals surface area contributed by atoms with E-state index in [2.05, 4.69) is 29.7 Å². The zero-order chi connectivity index (χ0) is 29.1. The molecular formula is C32H41FN6O3. The van der Waals surface area contributed by atoms with Crippen LogP contribution >= 0.6 is 0 Å². The first-order valence-electron chi connectivity index (χ1n) is 15.5. The van der Waals surface area contributed by atoms with Gasteiger partial charge in [0.05, 0.1) is 35.7 Å². The molecule has 3 saturated heterocycles. The normalized spacial score (nSPS) is 30.9. The fourth-order valence-electron chi connectivity index (χ4n) is 8.38. The number of hydrogen-bond acceptors (Lipinski definition) is 9. The molecular weight excluding hydrogens is 535 g/mol. The van der Waals surface area contributed by atoms with Crippen molar-refractivity contribution in [1.82, 2.24) is 14.9 Å². The maximum Gasteiger partial charge on any atom is 0.318 e. The summed E-state index contributed by atoms with van der Waals surface area (Å²) in [6.07, 6.45) is 4.82. The average molecular weight is 577 g/mol. The minimum Gasteiger partial charge on any atom is -0.461 e. The van der Waals surface area contributed by atoms with Crippen molar-refractivity contribution in [2.45, 2.75) is 88.6 Å². The molecule has 10 heteroatoms. The van der Waals surface area contributed by atoms with E-state index in [4.69, 9.17) is 29.9 Å². The molecule has 0 radical (unpaired) electrons. The number of nitrogens with zero attached hydrogens (tertiary/aromatic N) is 5. The predicted molar refractivity (Wildman–Crippen MR) is 156 cm³/mol. The lowest BCUT2D eigenvalue weighted by Gasteiger charge is -2.45. The van der Waals surface area contributed by atoms with Crippen molar-refractivity contribution in [2.24, 2.45) is 0 Å². The molecule has 4 aliphatic heterocycles. The van der Waals surface area contributed by atoms with Gasteiger partial charge in [-0.1, -0.05) is 6.92 Å². The molecule has 42 heavy (non-hydrogen) atoms. The first-order valence-corrected chi connectivity index (χ1v) is 15.5. The molecule has 1 aromatic heterocycles. The van der Waals surface area contributed by atoms with Gasteiger partial charge >= 0.3 is 6.01 Å². The van der Waals surface area contributed by atoms with E-state index < -0.39 is 11.8 Å². The molecule has 0 unspecified atom stereocenters. The first kappa shape index (κ1) is 27.8. The Balaban J connectivity index is 1.29. The van der Waals surface area contributed by atoms with Crippen molar-refractivity contribution in [2.75, 3.05) is 56.6 Å². The van der Waals surface area contributed by atoms with Gasteiger partial charge in [0.15, 0.2) is 0 Å². The number of fused-ring (bicyclic) bond motifs is 4. The molecule has 2 N–H and O–H groups in total. The van der Waals surface area contributed by atoms with Gasteiger partial charge < -0.3 is 24.8 Å². The molecule has 224 valence electrons. The summed E-state index contributed by atoms with van der Waals surface area (Å²) in [6.45, 7) is 9.32. The van der Waals surface area contributed by atoms with Gasteiger partial charge in [-0.15, -0.1) is 0 Å². The van der Waals surface area contributed by atoms with Gasteiger partial charge in [-0.25, -0.2) is 4.39 Å². The first-order chi connectivity index (χ1) is 20.3. The van der Waals surface area contributed by atoms with Crippen molar-refractivity contribution in [3.05, 3.63) is 39.6 Å². The van der Waals surface area contributed by atoms with E-state index in [1.165, 1.54) is 5.56 Å². The van der Waals surface area contributed by atoms with Gasteiger partial charge in [0.1, 0.15) is 30.3 Å². The summed E-state index contributed by atoms with van der Waals surface area (Å²) < 4.78 is 33.5. The van der Waals surface area contributed by atoms with E-state index in [9.17, 15) is 9.65 Å². The molecule has 3 fully saturated rings. The second-order valence-electron chi connectivity index (χ2n) is 13.0. The van der Waals surface area contributed by atoms with Crippen molar-refractivity contribution in [3.63, 3.8) is 0 Å². The number of hydrogen-bond donors (Lipinski definition) is 1. The third-order valence-corrected chi connectivity index (χ3v) is 10.4. The van der Waals surface area contributed by atoms with E-state index in [1.54, 1.807) is 0 Å². The number of aryl methyl sites for hydroxylation is 1. The number of nitriles is 1. The summed E-state index contributed by atoms with van der Waals surface area (Å²) in [5, 5.41) is 10.2. The van der Waals surface area contributed by atoms with Crippen LogP contribution in [0.25, 0.3) is 0 Å². The molecule has 2 aromatic rings. The lowest BCUT2D eigenvalue weighted by Crippen LogP contribution is -2.44. The molecule has 9 nitrogen and oxygen atoms in total. The highest BCUT2D eigenvalue weighted by Gasteiger charge is 2.50. The van der Waals surface area contributed by atoms with Gasteiger partial charge in [-0.3, -0.25) is 4.90 Å². The molecule has 0 bridgehead atoms. The summed E-state index contributed by atoms with van der Waals surface area (Å²) in [5.74, 6) is 1.14. The number of aromatic nitrogens is 2. The van der Waals surface area contributed by atoms with E-state index >= 15 is 0 Å². The monoisotopic (exact) mass is 576 g/mol. The second kappa shape index (κ2) is 10.6. The van der Waals surface area contributed by atoms with Crippen LogP contribution in [0.1, 0.15) is 84.9 Å². The Hall–Kier alpha value is -3.00. The van der Waals surface area contributed by atoms with Crippen molar-refractivity contribution in [3.8, 4) is 12.1 Å². The topological polar surface area (TPSA) is 110 Å². The van der Waals surface area contributed by atoms with Crippen LogP contribution in [-0.4, -0.2) is 72.6 Å². The molecule has 4 atom stereocenters. The van der Waals surface area contributed by atoms with Gasteiger partial charge in [0.25, 0.3) is 0 Å². The predicted octanol–water partition coefficient (Wildman–Crippen LogP) is 4.29. The maximum absolute atomic E-state index is 14.5.